The smallest absolute Gasteiger partial charge is 0.241 e. The Bertz CT molecular complexity index is 1710. The van der Waals surface area contributed by atoms with E-state index in [1.807, 2.05) is 36.0 Å². The number of anilines is 1. The van der Waals surface area contributed by atoms with E-state index in [1.54, 1.807) is 35.4 Å². The maximum Gasteiger partial charge on any atom is 0.241 e. The second kappa shape index (κ2) is 11.0. The Morgan fingerprint density at radius 2 is 1.95 bits per heavy atom. The maximum absolute atomic E-state index is 14.0. The molecule has 1 fully saturated rings. The Morgan fingerprint density at radius 1 is 1.15 bits per heavy atom. The predicted molar refractivity (Wildman–Crippen MR) is 156 cm³/mol. The number of rotatable bonds is 8. The highest BCUT2D eigenvalue weighted by atomic mass is 35.5. The number of benzene rings is 3. The van der Waals surface area contributed by atoms with Crippen molar-refractivity contribution in [1.29, 1.82) is 0 Å². The monoisotopic (exact) mass is 592 g/mol. The number of fused-ring (bicyclic) bond motifs is 1. The summed E-state index contributed by atoms with van der Waals surface area (Å²) in [7, 11) is -1.93. The van der Waals surface area contributed by atoms with E-state index in [9.17, 15) is 17.6 Å². The third kappa shape index (κ3) is 5.80. The first-order valence-corrected chi connectivity index (χ1v) is 15.5. The van der Waals surface area contributed by atoms with Gasteiger partial charge in [-0.25, -0.2) is 22.5 Å². The zero-order valence-electron chi connectivity index (χ0n) is 22.5. The fraction of sp³-hybridized carbons (Fsp3) is 0.290. The molecular formula is C31H30ClFN4O3S. The second-order valence-corrected chi connectivity index (χ2v) is 12.9. The molecule has 212 valence electrons. The van der Waals surface area contributed by atoms with Gasteiger partial charge >= 0.3 is 0 Å². The van der Waals surface area contributed by atoms with E-state index in [0.29, 0.717) is 23.6 Å². The molecule has 0 unspecified atom stereocenters. The maximum atomic E-state index is 14.0. The van der Waals surface area contributed by atoms with Crippen molar-refractivity contribution in [1.82, 2.24) is 14.3 Å². The lowest BCUT2D eigenvalue weighted by atomic mass is 9.87. The molecule has 7 nitrogen and oxygen atoms in total. The fourth-order valence-corrected chi connectivity index (χ4v) is 7.25. The zero-order chi connectivity index (χ0) is 28.7. The first kappa shape index (κ1) is 27.6. The summed E-state index contributed by atoms with van der Waals surface area (Å²) in [6.07, 6.45) is 6.53. The van der Waals surface area contributed by atoms with Gasteiger partial charge in [0, 0.05) is 42.1 Å². The van der Waals surface area contributed by atoms with Crippen molar-refractivity contribution in [3.05, 3.63) is 112 Å². The number of nitrogens with one attached hydrogen (secondary N) is 1. The van der Waals surface area contributed by atoms with Gasteiger partial charge in [0.05, 0.1) is 11.4 Å². The van der Waals surface area contributed by atoms with Gasteiger partial charge in [0.15, 0.2) is 0 Å². The minimum Gasteiger partial charge on any atom is -0.337 e. The molecule has 2 aliphatic rings. The second-order valence-electron chi connectivity index (χ2n) is 10.8. The summed E-state index contributed by atoms with van der Waals surface area (Å²) in [5.41, 5.74) is 3.56. The molecule has 4 aromatic rings. The van der Waals surface area contributed by atoms with Crippen molar-refractivity contribution in [2.75, 3.05) is 4.90 Å². The molecule has 0 saturated heterocycles. The molecule has 1 heterocycles. The molecule has 1 aromatic heterocycles. The van der Waals surface area contributed by atoms with E-state index >= 15 is 0 Å². The van der Waals surface area contributed by atoms with Crippen molar-refractivity contribution in [2.45, 2.75) is 49.1 Å². The van der Waals surface area contributed by atoms with E-state index in [-0.39, 0.29) is 35.0 Å². The molecule has 1 saturated carbocycles. The molecule has 0 aliphatic heterocycles. The van der Waals surface area contributed by atoms with Gasteiger partial charge in [0.25, 0.3) is 0 Å². The molecule has 41 heavy (non-hydrogen) atoms. The molecular weight excluding hydrogens is 563 g/mol. The van der Waals surface area contributed by atoms with Crippen LogP contribution in [0.5, 0.6) is 0 Å². The summed E-state index contributed by atoms with van der Waals surface area (Å²) in [6, 6.07) is 18.0. The fourth-order valence-electron chi connectivity index (χ4n) is 5.70. The SMILES string of the molecule is Cn1ccnc1CN(C(=O)[C@@H]1C[C@H]1c1ccc(F)cc1)c1ccc2c(c1)[C@H](NS(=O)(=O)c1cccc(Cl)c1)CCC2. The largest absolute Gasteiger partial charge is 0.337 e. The first-order chi connectivity index (χ1) is 19.7. The molecule has 2 aliphatic carbocycles. The lowest BCUT2D eigenvalue weighted by Crippen LogP contribution is -2.34. The van der Waals surface area contributed by atoms with Crippen LogP contribution in [0.15, 0.2) is 84.0 Å². The van der Waals surface area contributed by atoms with Crippen LogP contribution in [0.4, 0.5) is 10.1 Å². The number of carbonyl (C=O) groups is 1. The summed E-state index contributed by atoms with van der Waals surface area (Å²) in [6.45, 7) is 0.271. The van der Waals surface area contributed by atoms with Crippen LogP contribution in [-0.2, 0) is 34.8 Å². The molecule has 3 atom stereocenters. The van der Waals surface area contributed by atoms with Gasteiger partial charge < -0.3 is 9.47 Å². The van der Waals surface area contributed by atoms with E-state index in [4.69, 9.17) is 11.6 Å². The highest BCUT2D eigenvalue weighted by molar-refractivity contribution is 7.89. The van der Waals surface area contributed by atoms with Crippen molar-refractivity contribution in [3.63, 3.8) is 0 Å². The summed E-state index contributed by atoms with van der Waals surface area (Å²) < 4.78 is 44.8. The molecule has 10 heteroatoms. The third-order valence-corrected chi connectivity index (χ3v) is 9.76. The van der Waals surface area contributed by atoms with E-state index in [1.165, 1.54) is 24.3 Å². The lowest BCUT2D eigenvalue weighted by molar-refractivity contribution is -0.120. The van der Waals surface area contributed by atoms with Gasteiger partial charge in [-0.1, -0.05) is 35.9 Å². The lowest BCUT2D eigenvalue weighted by Gasteiger charge is -2.29. The zero-order valence-corrected chi connectivity index (χ0v) is 24.1. The number of amides is 1. The molecule has 1 N–H and O–H groups in total. The van der Waals surface area contributed by atoms with Crippen LogP contribution in [0.25, 0.3) is 0 Å². The van der Waals surface area contributed by atoms with Crippen LogP contribution < -0.4 is 9.62 Å². The average molecular weight is 593 g/mol. The van der Waals surface area contributed by atoms with Crippen LogP contribution in [0, 0.1) is 11.7 Å². The van der Waals surface area contributed by atoms with Crippen LogP contribution in [0.1, 0.15) is 53.7 Å². The first-order valence-electron chi connectivity index (χ1n) is 13.6. The van der Waals surface area contributed by atoms with Gasteiger partial charge in [0.1, 0.15) is 11.6 Å². The highest BCUT2D eigenvalue weighted by Crippen LogP contribution is 2.49. The van der Waals surface area contributed by atoms with Crippen molar-refractivity contribution >= 4 is 33.2 Å². The quantitative estimate of drug-likeness (QED) is 0.276. The number of carbonyl (C=O) groups excluding carboxylic acids is 1. The normalized spacial score (nSPS) is 19.9. The Hall–Kier alpha value is -3.53. The molecule has 0 bridgehead atoms. The third-order valence-electron chi connectivity index (χ3n) is 8.05. The van der Waals surface area contributed by atoms with Gasteiger partial charge in [-0.3, -0.25) is 4.79 Å². The number of nitrogens with zero attached hydrogens (tertiary/aromatic N) is 3. The number of sulfonamides is 1. The Balaban J connectivity index is 1.31. The number of imidazole rings is 1. The minimum atomic E-state index is -3.82. The van der Waals surface area contributed by atoms with Crippen LogP contribution in [0.3, 0.4) is 0 Å². The molecule has 6 rings (SSSR count). The summed E-state index contributed by atoms with van der Waals surface area (Å²) in [4.78, 5) is 20.3. The molecule has 1 amide bonds. The van der Waals surface area contributed by atoms with E-state index < -0.39 is 16.1 Å². The average Bonchev–Trinajstić information content (AvgIpc) is 3.66. The predicted octanol–water partition coefficient (Wildman–Crippen LogP) is 5.91. The van der Waals surface area contributed by atoms with Crippen molar-refractivity contribution in [2.24, 2.45) is 13.0 Å². The number of aromatic nitrogens is 2. The van der Waals surface area contributed by atoms with Crippen LogP contribution >= 0.6 is 11.6 Å². The molecule has 0 spiro atoms. The van der Waals surface area contributed by atoms with Gasteiger partial charge in [0.2, 0.25) is 15.9 Å². The van der Waals surface area contributed by atoms with E-state index in [2.05, 4.69) is 9.71 Å². The number of hydrogen-bond donors (Lipinski definition) is 1. The topological polar surface area (TPSA) is 84.3 Å². The standard InChI is InChI=1S/C31H30ClFN4O3S/c1-36-15-14-34-30(36)19-37(31(38)28-18-26(28)21-8-11-23(33)12-9-21)24-13-10-20-4-2-7-29(27(20)17-24)35-41(39,40)25-6-3-5-22(32)16-25/h3,5-6,8-17,26,28-29,35H,2,4,7,18-19H2,1H3/t26-,28+,29+/m0/s1. The van der Waals surface area contributed by atoms with Crippen molar-refractivity contribution in [3.8, 4) is 0 Å². The number of halogens is 2. The highest BCUT2D eigenvalue weighted by Gasteiger charge is 2.46. The van der Waals surface area contributed by atoms with Gasteiger partial charge in [-0.05, 0) is 90.8 Å². The Morgan fingerprint density at radius 3 is 2.68 bits per heavy atom. The van der Waals surface area contributed by atoms with Gasteiger partial charge in [-0.15, -0.1) is 0 Å². The number of aryl methyl sites for hydroxylation is 2. The summed E-state index contributed by atoms with van der Waals surface area (Å²) >= 11 is 6.06. The van der Waals surface area contributed by atoms with Gasteiger partial charge in [-0.2, -0.15) is 0 Å². The summed E-state index contributed by atoms with van der Waals surface area (Å²) in [5, 5.41) is 0.349. The Labute approximate surface area is 244 Å². The van der Waals surface area contributed by atoms with Crippen molar-refractivity contribution < 1.29 is 17.6 Å². The molecule has 3 aromatic carbocycles. The number of hydrogen-bond acceptors (Lipinski definition) is 4. The van der Waals surface area contributed by atoms with Crippen LogP contribution in [-0.4, -0.2) is 23.9 Å². The molecule has 0 radical (unpaired) electrons. The van der Waals surface area contributed by atoms with E-state index in [0.717, 1.165) is 35.4 Å². The van der Waals surface area contributed by atoms with Crippen LogP contribution in [0.2, 0.25) is 5.02 Å². The Kier molecular flexibility index (Phi) is 7.44. The summed E-state index contributed by atoms with van der Waals surface area (Å²) in [5.74, 6) is 0.196. The minimum absolute atomic E-state index is 0.0295.